The first-order valence-corrected chi connectivity index (χ1v) is 11.0. The van der Waals surface area contributed by atoms with Gasteiger partial charge in [0.1, 0.15) is 0 Å². The van der Waals surface area contributed by atoms with Crippen LogP contribution >= 0.6 is 0 Å². The summed E-state index contributed by atoms with van der Waals surface area (Å²) in [5, 5.41) is 0. The van der Waals surface area contributed by atoms with E-state index < -0.39 is 0 Å². The Labute approximate surface area is 157 Å². The van der Waals surface area contributed by atoms with E-state index >= 15 is 0 Å². The van der Waals surface area contributed by atoms with Crippen LogP contribution in [0.25, 0.3) is 5.57 Å². The highest BCUT2D eigenvalue weighted by Crippen LogP contribution is 2.43. The standard InChI is InChI=1S/C25H40/c1-5-9-13-20(7-3)17-22-19-23(18-21(8-4)14-10-6-2)25-16-12-11-15-24(22)25/h11-12,15-16,19-22H,5-10,13-14,17-18H2,1-4H3. The lowest BCUT2D eigenvalue weighted by molar-refractivity contribution is 0.407. The van der Waals surface area contributed by atoms with Gasteiger partial charge in [0, 0.05) is 5.92 Å². The number of unbranched alkanes of at least 4 members (excludes halogenated alkanes) is 2. The number of benzene rings is 1. The summed E-state index contributed by atoms with van der Waals surface area (Å²) >= 11 is 0. The van der Waals surface area contributed by atoms with E-state index in [1.54, 1.807) is 16.7 Å². The van der Waals surface area contributed by atoms with E-state index in [1.807, 2.05) is 0 Å². The van der Waals surface area contributed by atoms with E-state index in [1.165, 1.54) is 64.2 Å². The summed E-state index contributed by atoms with van der Waals surface area (Å²) < 4.78 is 0. The zero-order valence-corrected chi connectivity index (χ0v) is 17.2. The normalized spacial score (nSPS) is 18.7. The average molecular weight is 341 g/mol. The minimum absolute atomic E-state index is 0.664. The fraction of sp³-hybridized carbons (Fsp3) is 0.680. The second-order valence-electron chi connectivity index (χ2n) is 8.16. The molecule has 0 amide bonds. The largest absolute Gasteiger partial charge is 0.0731 e. The first-order valence-electron chi connectivity index (χ1n) is 11.0. The van der Waals surface area contributed by atoms with Crippen molar-refractivity contribution >= 4 is 5.57 Å². The van der Waals surface area contributed by atoms with Gasteiger partial charge in [-0.1, -0.05) is 109 Å². The van der Waals surface area contributed by atoms with E-state index in [0.29, 0.717) is 5.92 Å². The van der Waals surface area contributed by atoms with Gasteiger partial charge in [0.2, 0.25) is 0 Å². The number of hydrogen-bond acceptors (Lipinski definition) is 0. The summed E-state index contributed by atoms with van der Waals surface area (Å²) in [6.45, 7) is 9.38. The molecule has 0 saturated carbocycles. The molecule has 3 unspecified atom stereocenters. The number of allylic oxidation sites excluding steroid dienone is 2. The number of rotatable bonds is 12. The smallest absolute Gasteiger partial charge is 0.00326 e. The Hall–Kier alpha value is -1.04. The van der Waals surface area contributed by atoms with Crippen LogP contribution in [-0.4, -0.2) is 0 Å². The van der Waals surface area contributed by atoms with Gasteiger partial charge in [-0.3, -0.25) is 0 Å². The van der Waals surface area contributed by atoms with E-state index in [9.17, 15) is 0 Å². The lowest BCUT2D eigenvalue weighted by Crippen LogP contribution is -2.04. The van der Waals surface area contributed by atoms with Crippen molar-refractivity contribution in [1.82, 2.24) is 0 Å². The molecule has 0 N–H and O–H groups in total. The second kappa shape index (κ2) is 10.8. The van der Waals surface area contributed by atoms with Gasteiger partial charge in [0.15, 0.2) is 0 Å². The van der Waals surface area contributed by atoms with E-state index in [2.05, 4.69) is 58.0 Å². The van der Waals surface area contributed by atoms with Gasteiger partial charge in [-0.25, -0.2) is 0 Å². The van der Waals surface area contributed by atoms with Gasteiger partial charge >= 0.3 is 0 Å². The van der Waals surface area contributed by atoms with Crippen LogP contribution in [0.3, 0.4) is 0 Å². The van der Waals surface area contributed by atoms with Crippen LogP contribution in [0, 0.1) is 11.8 Å². The van der Waals surface area contributed by atoms with Gasteiger partial charge in [0.25, 0.3) is 0 Å². The molecule has 1 aliphatic carbocycles. The Morgan fingerprint density at radius 1 is 0.840 bits per heavy atom. The highest BCUT2D eigenvalue weighted by molar-refractivity contribution is 5.74. The molecule has 0 aromatic heterocycles. The molecule has 1 aromatic carbocycles. The van der Waals surface area contributed by atoms with Crippen molar-refractivity contribution in [3.63, 3.8) is 0 Å². The van der Waals surface area contributed by atoms with Gasteiger partial charge in [0.05, 0.1) is 0 Å². The van der Waals surface area contributed by atoms with Gasteiger partial charge in [-0.15, -0.1) is 0 Å². The van der Waals surface area contributed by atoms with Crippen molar-refractivity contribution in [3.8, 4) is 0 Å². The summed E-state index contributed by atoms with van der Waals surface area (Å²) in [7, 11) is 0. The van der Waals surface area contributed by atoms with Crippen molar-refractivity contribution in [1.29, 1.82) is 0 Å². The lowest BCUT2D eigenvalue weighted by Gasteiger charge is -2.19. The molecule has 0 radical (unpaired) electrons. The fourth-order valence-corrected chi connectivity index (χ4v) is 4.50. The van der Waals surface area contributed by atoms with Crippen molar-refractivity contribution in [3.05, 3.63) is 41.5 Å². The zero-order valence-electron chi connectivity index (χ0n) is 17.2. The van der Waals surface area contributed by atoms with Crippen molar-refractivity contribution in [2.45, 2.75) is 97.8 Å². The van der Waals surface area contributed by atoms with E-state index in [0.717, 1.165) is 11.8 Å². The fourth-order valence-electron chi connectivity index (χ4n) is 4.50. The van der Waals surface area contributed by atoms with Gasteiger partial charge in [-0.2, -0.15) is 0 Å². The van der Waals surface area contributed by atoms with Crippen molar-refractivity contribution < 1.29 is 0 Å². The molecule has 3 atom stereocenters. The van der Waals surface area contributed by atoms with Crippen LogP contribution < -0.4 is 0 Å². The number of hydrogen-bond donors (Lipinski definition) is 0. The molecule has 0 fully saturated rings. The molecule has 0 bridgehead atoms. The van der Waals surface area contributed by atoms with Crippen molar-refractivity contribution in [2.75, 3.05) is 0 Å². The third kappa shape index (κ3) is 5.73. The molecule has 25 heavy (non-hydrogen) atoms. The topological polar surface area (TPSA) is 0 Å². The Morgan fingerprint density at radius 3 is 2.12 bits per heavy atom. The average Bonchev–Trinajstić information content (AvgIpc) is 2.99. The molecule has 0 spiro atoms. The highest BCUT2D eigenvalue weighted by Gasteiger charge is 2.26. The van der Waals surface area contributed by atoms with Crippen molar-refractivity contribution in [2.24, 2.45) is 11.8 Å². The third-order valence-electron chi connectivity index (χ3n) is 6.29. The molecule has 0 heteroatoms. The van der Waals surface area contributed by atoms with Crippen LogP contribution in [0.2, 0.25) is 0 Å². The van der Waals surface area contributed by atoms with Crippen LogP contribution in [0.5, 0.6) is 0 Å². The first-order chi connectivity index (χ1) is 12.2. The molecule has 2 rings (SSSR count). The lowest BCUT2D eigenvalue weighted by atomic mass is 9.86. The molecule has 1 aromatic rings. The molecule has 1 aliphatic rings. The molecule has 0 heterocycles. The van der Waals surface area contributed by atoms with Crippen LogP contribution in [0.1, 0.15) is 109 Å². The Kier molecular flexibility index (Phi) is 8.79. The molecule has 0 nitrogen and oxygen atoms in total. The quantitative estimate of drug-likeness (QED) is 0.358. The monoisotopic (exact) mass is 340 g/mol. The number of fused-ring (bicyclic) bond motifs is 1. The minimum atomic E-state index is 0.664. The molecule has 0 aliphatic heterocycles. The predicted molar refractivity (Wildman–Crippen MR) is 113 cm³/mol. The maximum atomic E-state index is 2.65. The molecule has 0 saturated heterocycles. The van der Waals surface area contributed by atoms with Crippen LogP contribution in [-0.2, 0) is 0 Å². The maximum absolute atomic E-state index is 2.65. The third-order valence-corrected chi connectivity index (χ3v) is 6.29. The SMILES string of the molecule is CCCCC(CC)CC1=CC(CC(CC)CCCC)c2ccccc21. The summed E-state index contributed by atoms with van der Waals surface area (Å²) in [4.78, 5) is 0. The summed E-state index contributed by atoms with van der Waals surface area (Å²) in [5.41, 5.74) is 4.82. The second-order valence-corrected chi connectivity index (χ2v) is 8.16. The van der Waals surface area contributed by atoms with E-state index in [-0.39, 0.29) is 0 Å². The maximum Gasteiger partial charge on any atom is 0.00326 e. The zero-order chi connectivity index (χ0) is 18.1. The van der Waals surface area contributed by atoms with Gasteiger partial charge in [-0.05, 0) is 41.4 Å². The molecule has 140 valence electrons. The molecular weight excluding hydrogens is 300 g/mol. The highest BCUT2D eigenvalue weighted by atomic mass is 14.3. The first kappa shape index (κ1) is 20.3. The predicted octanol–water partition coefficient (Wildman–Crippen LogP) is 8.38. The minimum Gasteiger partial charge on any atom is -0.0731 e. The summed E-state index contributed by atoms with van der Waals surface area (Å²) in [5.74, 6) is 2.41. The molecular formula is C25H40. The summed E-state index contributed by atoms with van der Waals surface area (Å²) in [6, 6.07) is 9.24. The Bertz CT molecular complexity index is 525. The van der Waals surface area contributed by atoms with Gasteiger partial charge < -0.3 is 0 Å². The Balaban J connectivity index is 2.11. The summed E-state index contributed by atoms with van der Waals surface area (Å²) in [6.07, 6.45) is 16.2. The van der Waals surface area contributed by atoms with E-state index in [4.69, 9.17) is 0 Å². The van der Waals surface area contributed by atoms with Crippen LogP contribution in [0.15, 0.2) is 30.3 Å². The Morgan fingerprint density at radius 2 is 1.48 bits per heavy atom. The van der Waals surface area contributed by atoms with Crippen LogP contribution in [0.4, 0.5) is 0 Å².